The van der Waals surface area contributed by atoms with Gasteiger partial charge >= 0.3 is 120 Å². The van der Waals surface area contributed by atoms with E-state index >= 15 is 0 Å². The zero-order valence-corrected chi connectivity index (χ0v) is 18.3. The predicted octanol–water partition coefficient (Wildman–Crippen LogP) is 4.79. The second-order valence-electron chi connectivity index (χ2n) is 2.09. The molecule has 9 heteroatoms. The normalized spacial score (nSPS) is 17.6. The van der Waals surface area contributed by atoms with Crippen LogP contribution in [0.1, 0.15) is 13.3 Å². The van der Waals surface area contributed by atoms with Gasteiger partial charge in [0.2, 0.25) is 0 Å². The molecule has 0 N–H and O–H groups in total. The molecule has 0 saturated heterocycles. The topological polar surface area (TPSA) is 0 Å². The van der Waals surface area contributed by atoms with Gasteiger partial charge < -0.3 is 0 Å². The minimum absolute atomic E-state index is 0.837. The van der Waals surface area contributed by atoms with Crippen molar-refractivity contribution < 1.29 is 0 Å². The zero-order chi connectivity index (χ0) is 12.1. The molecule has 0 unspecified atom stereocenters. The van der Waals surface area contributed by atoms with E-state index < -0.39 is 9.14 Å². The van der Waals surface area contributed by atoms with Crippen LogP contribution in [0.4, 0.5) is 0 Å². The Kier molecular flexibility index (Phi) is 9.31. The van der Waals surface area contributed by atoms with E-state index in [1.807, 2.05) is 0 Å². The van der Waals surface area contributed by atoms with Gasteiger partial charge in [-0.25, -0.2) is 0 Å². The van der Waals surface area contributed by atoms with Crippen molar-refractivity contribution in [2.75, 3.05) is 0 Å². The summed E-state index contributed by atoms with van der Waals surface area (Å²) >= 11 is 1.67. The predicted molar refractivity (Wildman–Crippen MR) is 79.4 cm³/mol. The van der Waals surface area contributed by atoms with Crippen LogP contribution in [0.15, 0.2) is 0 Å². The molecule has 0 spiro atoms. The number of hydrogen-bond acceptors (Lipinski definition) is 0. The first-order valence-corrected chi connectivity index (χ1v) is 27.8. The Balaban J connectivity index is 0. The summed E-state index contributed by atoms with van der Waals surface area (Å²) in [6.45, 7) is 2.26. The van der Waals surface area contributed by atoms with Crippen LogP contribution < -0.4 is 0 Å². The van der Waals surface area contributed by atoms with E-state index in [1.54, 1.807) is 3.32 Å². The van der Waals surface area contributed by atoms with E-state index in [4.69, 9.17) is 53.0 Å². The van der Waals surface area contributed by atoms with Gasteiger partial charge in [0.25, 0.3) is 0 Å². The summed E-state index contributed by atoms with van der Waals surface area (Å²) < 4.78 is 1.81. The Hall–Kier alpha value is 3.47. The van der Waals surface area contributed by atoms with Crippen molar-refractivity contribution in [1.29, 1.82) is 0 Å². The van der Waals surface area contributed by atoms with Gasteiger partial charge in [-0.2, -0.15) is 0 Å². The van der Waals surface area contributed by atoms with Crippen molar-refractivity contribution >= 4 is 94.9 Å². The summed E-state index contributed by atoms with van der Waals surface area (Å²) in [5, 5.41) is 0. The molecule has 0 fully saturated rings. The van der Waals surface area contributed by atoms with Gasteiger partial charge in [0.1, 0.15) is 0 Å². The summed E-state index contributed by atoms with van der Waals surface area (Å²) in [6, 6.07) is 0. The van der Waals surface area contributed by atoms with Crippen molar-refractivity contribution in [2.24, 2.45) is 0 Å². The third-order valence-electron chi connectivity index (χ3n) is 0.744. The molecule has 0 aromatic heterocycles. The molecule has 0 rings (SSSR count). The van der Waals surface area contributed by atoms with Crippen LogP contribution in [0.25, 0.3) is 0 Å². The fourth-order valence-corrected chi connectivity index (χ4v) is 3.75. The molecule has 14 heavy (non-hydrogen) atoms. The van der Waals surface area contributed by atoms with Crippen LogP contribution in [0.5, 0.6) is 0 Å². The van der Waals surface area contributed by atoms with Crippen LogP contribution in [-0.4, -0.2) is 41.9 Å². The Labute approximate surface area is 118 Å². The van der Waals surface area contributed by atoms with E-state index in [9.17, 15) is 0 Å². The van der Waals surface area contributed by atoms with Crippen molar-refractivity contribution in [3.63, 3.8) is 0 Å². The van der Waals surface area contributed by atoms with Crippen LogP contribution >= 0.6 is 53.0 Å². The zero-order valence-electron chi connectivity index (χ0n) is 7.74. The molecule has 0 atom stereocenters. The molecule has 0 radical (unpaired) electrons. The van der Waals surface area contributed by atoms with Gasteiger partial charge in [-0.05, 0) is 0 Å². The van der Waals surface area contributed by atoms with Gasteiger partial charge in [0.15, 0.2) is 0 Å². The van der Waals surface area contributed by atoms with Crippen molar-refractivity contribution in [2.45, 2.75) is 25.0 Å². The van der Waals surface area contributed by atoms with E-state index in [2.05, 4.69) is 18.6 Å². The minimum atomic E-state index is -5.42. The summed E-state index contributed by atoms with van der Waals surface area (Å²) in [4.78, 5) is 0. The SMILES string of the molecule is CCC([Se]C)=[Se+]C.[Cl][Sb-]([Cl])([Cl])([Cl])([Cl])[Cl]. The first-order chi connectivity index (χ1) is 5.80. The quantitative estimate of drug-likeness (QED) is 0.425. The molecule has 0 aliphatic carbocycles. The van der Waals surface area contributed by atoms with Crippen molar-refractivity contribution in [1.82, 2.24) is 0 Å². The molecule has 0 saturated carbocycles. The molecule has 0 aliphatic heterocycles. The Morgan fingerprint density at radius 1 is 1.14 bits per heavy atom. The number of rotatable bonds is 2. The van der Waals surface area contributed by atoms with E-state index in [-0.39, 0.29) is 0 Å². The Morgan fingerprint density at radius 3 is 1.43 bits per heavy atom. The molecular weight excluding hydrogens is 552 g/mol. The molecule has 0 nitrogen and oxygen atoms in total. The molecule has 0 aromatic rings. The molecule has 0 aliphatic rings. The second-order valence-corrected chi connectivity index (χ2v) is 64.1. The first-order valence-electron chi connectivity index (χ1n) is 3.30. The van der Waals surface area contributed by atoms with E-state index in [0.29, 0.717) is 0 Å². The average Bonchev–Trinajstić information content (AvgIpc) is 1.84. The molecule has 0 amide bonds. The molecule has 90 valence electrons. The Morgan fingerprint density at radius 2 is 1.43 bits per heavy atom. The summed E-state index contributed by atoms with van der Waals surface area (Å²) in [6.07, 6.45) is 1.33. The van der Waals surface area contributed by atoms with Crippen LogP contribution in [0.2, 0.25) is 11.6 Å². The van der Waals surface area contributed by atoms with Gasteiger partial charge in [0, 0.05) is 0 Å². The maximum atomic E-state index is 5.06. The van der Waals surface area contributed by atoms with Gasteiger partial charge in [0.05, 0.1) is 0 Å². The van der Waals surface area contributed by atoms with Crippen LogP contribution in [0, 0.1) is 0 Å². The van der Waals surface area contributed by atoms with Crippen LogP contribution in [0.3, 0.4) is 0 Å². The molecule has 0 bridgehead atoms. The maximum absolute atomic E-state index is 5.42. The van der Waals surface area contributed by atoms with Gasteiger partial charge in [-0.15, -0.1) is 0 Å². The Bertz CT molecular complexity index is 186. The fraction of sp³-hybridized carbons (Fsp3) is 0.800. The fourth-order valence-electron chi connectivity index (χ4n) is 0.372. The van der Waals surface area contributed by atoms with Crippen LogP contribution in [-0.2, 0) is 0 Å². The van der Waals surface area contributed by atoms with Crippen molar-refractivity contribution in [3.05, 3.63) is 0 Å². The number of halogens is 6. The third-order valence-corrected chi connectivity index (χ3v) is 7.50. The van der Waals surface area contributed by atoms with Gasteiger partial charge in [-0.1, -0.05) is 0 Å². The summed E-state index contributed by atoms with van der Waals surface area (Å²) in [7, 11) is 25.0. The van der Waals surface area contributed by atoms with Crippen molar-refractivity contribution in [3.8, 4) is 0 Å². The second kappa shape index (κ2) is 6.58. The average molecular weight is 564 g/mol. The standard InChI is InChI=1S/C5H11Se2.6ClH.Sb/c1-4-5(6-2)7-3;;;;;;;/h4H2,1-3H3;6*1H;/q+1;;;;;;;+5/p-6. The van der Waals surface area contributed by atoms with E-state index in [1.165, 1.54) is 6.42 Å². The number of hydrogen-bond donors (Lipinski definition) is 0. The summed E-state index contributed by atoms with van der Waals surface area (Å²) in [5.41, 5.74) is 0. The molecular formula is C5H11Cl6SbSe2. The molecule has 0 heterocycles. The van der Waals surface area contributed by atoms with Gasteiger partial charge in [-0.3, -0.25) is 0 Å². The monoisotopic (exact) mass is 562 g/mol. The first kappa shape index (κ1) is 19.8. The third kappa shape index (κ3) is 36.1. The van der Waals surface area contributed by atoms with E-state index in [0.717, 1.165) is 29.5 Å². The summed E-state index contributed by atoms with van der Waals surface area (Å²) in [5.74, 6) is 4.61. The molecule has 0 aromatic carbocycles.